The molecule has 3 saturated heterocycles. The highest BCUT2D eigenvalue weighted by atomic mass is 16.5. The zero-order valence-corrected chi connectivity index (χ0v) is 25.7. The molecule has 5 atom stereocenters. The molecule has 2 aromatic carbocycles. The standard InChI is InChI=1S/C35H43N3O6/c1-5-20-36(24-25-12-9-8-10-13-25)33(42)30-35-19-18-34(4,44-35)28(29(35)32(41)38(30)22-11-23-39)31(40)37(21-6-2)26-14-16-27(17-15-26)43-7-3/h5-6,8-10,12-17,28-30,39H,1-2,7,11,18-24H2,3-4H3/t28-,29-,30?,34+,35?/m0/s1. The third-order valence-electron chi connectivity index (χ3n) is 9.25. The second kappa shape index (κ2) is 13.0. The van der Waals surface area contributed by atoms with Crippen LogP contribution in [0.2, 0.25) is 0 Å². The third-order valence-corrected chi connectivity index (χ3v) is 9.25. The molecule has 0 aliphatic carbocycles. The van der Waals surface area contributed by atoms with Crippen LogP contribution in [0.25, 0.3) is 0 Å². The summed E-state index contributed by atoms with van der Waals surface area (Å²) in [5.74, 6) is -1.69. The molecule has 5 rings (SSSR count). The Balaban J connectivity index is 1.52. The van der Waals surface area contributed by atoms with Crippen LogP contribution < -0.4 is 9.64 Å². The third kappa shape index (κ3) is 5.43. The first-order valence-corrected chi connectivity index (χ1v) is 15.4. The van der Waals surface area contributed by atoms with E-state index in [1.807, 2.05) is 68.4 Å². The number of ether oxygens (including phenoxy) is 2. The average Bonchev–Trinajstić information content (AvgIpc) is 3.59. The summed E-state index contributed by atoms with van der Waals surface area (Å²) in [6, 6.07) is 16.0. The Bertz CT molecular complexity index is 1380. The van der Waals surface area contributed by atoms with Gasteiger partial charge in [0.15, 0.2) is 0 Å². The van der Waals surface area contributed by atoms with Gasteiger partial charge in [0.1, 0.15) is 17.4 Å². The first-order valence-electron chi connectivity index (χ1n) is 15.4. The normalized spacial score (nSPS) is 26.8. The summed E-state index contributed by atoms with van der Waals surface area (Å²) in [6.45, 7) is 13.0. The predicted octanol–water partition coefficient (Wildman–Crippen LogP) is 3.97. The number of anilines is 1. The van der Waals surface area contributed by atoms with Gasteiger partial charge in [0.2, 0.25) is 17.7 Å². The van der Waals surface area contributed by atoms with Gasteiger partial charge in [0.05, 0.1) is 24.0 Å². The molecule has 1 spiro atoms. The molecule has 3 aliphatic rings. The first-order chi connectivity index (χ1) is 21.2. The molecule has 0 aromatic heterocycles. The highest BCUT2D eigenvalue weighted by Gasteiger charge is 2.78. The Kier molecular flexibility index (Phi) is 9.27. The van der Waals surface area contributed by atoms with Gasteiger partial charge in [-0.3, -0.25) is 14.4 Å². The van der Waals surface area contributed by atoms with Crippen LogP contribution in [-0.2, 0) is 25.7 Å². The largest absolute Gasteiger partial charge is 0.494 e. The van der Waals surface area contributed by atoms with Gasteiger partial charge < -0.3 is 29.3 Å². The zero-order chi connectivity index (χ0) is 31.5. The number of amides is 3. The fourth-order valence-electron chi connectivity index (χ4n) is 7.44. The summed E-state index contributed by atoms with van der Waals surface area (Å²) < 4.78 is 12.4. The van der Waals surface area contributed by atoms with Crippen LogP contribution in [-0.4, -0.2) is 82.7 Å². The van der Waals surface area contributed by atoms with E-state index in [2.05, 4.69) is 13.2 Å². The van der Waals surface area contributed by atoms with Crippen molar-refractivity contribution in [2.45, 2.75) is 56.9 Å². The number of fused-ring (bicyclic) bond motifs is 1. The molecular weight excluding hydrogens is 558 g/mol. The molecule has 44 heavy (non-hydrogen) atoms. The summed E-state index contributed by atoms with van der Waals surface area (Å²) >= 11 is 0. The minimum absolute atomic E-state index is 0.130. The van der Waals surface area contributed by atoms with Crippen molar-refractivity contribution in [1.29, 1.82) is 0 Å². The first kappa shape index (κ1) is 31.5. The van der Waals surface area contributed by atoms with Gasteiger partial charge in [-0.1, -0.05) is 42.5 Å². The summed E-state index contributed by atoms with van der Waals surface area (Å²) in [5, 5.41) is 9.69. The van der Waals surface area contributed by atoms with Crippen LogP contribution in [0.1, 0.15) is 38.7 Å². The molecule has 3 aliphatic heterocycles. The van der Waals surface area contributed by atoms with Gasteiger partial charge in [-0.2, -0.15) is 0 Å². The number of nitrogens with zero attached hydrogens (tertiary/aromatic N) is 3. The number of carbonyl (C=O) groups excluding carboxylic acids is 3. The van der Waals surface area contributed by atoms with Crippen LogP contribution >= 0.6 is 0 Å². The molecule has 3 amide bonds. The molecule has 3 heterocycles. The molecule has 0 radical (unpaired) electrons. The van der Waals surface area contributed by atoms with Gasteiger partial charge in [0, 0.05) is 38.5 Å². The summed E-state index contributed by atoms with van der Waals surface area (Å²) in [5.41, 5.74) is -0.469. The second-order valence-electron chi connectivity index (χ2n) is 12.0. The predicted molar refractivity (Wildman–Crippen MR) is 168 cm³/mol. The molecule has 234 valence electrons. The lowest BCUT2D eigenvalue weighted by molar-refractivity contribution is -0.151. The Morgan fingerprint density at radius 3 is 2.41 bits per heavy atom. The van der Waals surface area contributed by atoms with Gasteiger partial charge >= 0.3 is 0 Å². The Labute approximate surface area is 259 Å². The quantitative estimate of drug-likeness (QED) is 0.329. The maximum absolute atomic E-state index is 14.5. The van der Waals surface area contributed by atoms with Gasteiger partial charge in [0.25, 0.3) is 0 Å². The van der Waals surface area contributed by atoms with E-state index in [1.165, 1.54) is 0 Å². The van der Waals surface area contributed by atoms with E-state index >= 15 is 0 Å². The number of benzene rings is 2. The minimum Gasteiger partial charge on any atom is -0.494 e. The molecule has 2 bridgehead atoms. The van der Waals surface area contributed by atoms with Crippen molar-refractivity contribution >= 4 is 23.4 Å². The van der Waals surface area contributed by atoms with E-state index in [4.69, 9.17) is 9.47 Å². The molecule has 2 aromatic rings. The molecule has 3 fully saturated rings. The number of aliphatic hydroxyl groups is 1. The van der Waals surface area contributed by atoms with Crippen LogP contribution in [0.15, 0.2) is 79.9 Å². The lowest BCUT2D eigenvalue weighted by atomic mass is 9.66. The van der Waals surface area contributed by atoms with Crippen molar-refractivity contribution in [2.24, 2.45) is 11.8 Å². The number of hydrogen-bond donors (Lipinski definition) is 1. The summed E-state index contributed by atoms with van der Waals surface area (Å²) in [7, 11) is 0. The molecular formula is C35H43N3O6. The average molecular weight is 602 g/mol. The van der Waals surface area contributed by atoms with Gasteiger partial charge in [-0.15, -0.1) is 13.2 Å². The second-order valence-corrected chi connectivity index (χ2v) is 12.0. The van der Waals surface area contributed by atoms with Crippen molar-refractivity contribution in [3.8, 4) is 5.75 Å². The fourth-order valence-corrected chi connectivity index (χ4v) is 7.44. The Morgan fingerprint density at radius 1 is 1.07 bits per heavy atom. The van der Waals surface area contributed by atoms with Crippen LogP contribution in [0.4, 0.5) is 5.69 Å². The van der Waals surface area contributed by atoms with Crippen LogP contribution in [0, 0.1) is 11.8 Å². The van der Waals surface area contributed by atoms with Crippen molar-refractivity contribution < 1.29 is 29.0 Å². The highest BCUT2D eigenvalue weighted by molar-refractivity contribution is 6.03. The lowest BCUT2D eigenvalue weighted by Crippen LogP contribution is -2.56. The van der Waals surface area contributed by atoms with Gasteiger partial charge in [-0.05, 0) is 62.9 Å². The molecule has 9 nitrogen and oxygen atoms in total. The number of aliphatic hydroxyl groups excluding tert-OH is 1. The Hall–Kier alpha value is -3.95. The summed E-state index contributed by atoms with van der Waals surface area (Å²) in [4.78, 5) is 48.4. The summed E-state index contributed by atoms with van der Waals surface area (Å²) in [6.07, 6.45) is 4.66. The maximum Gasteiger partial charge on any atom is 0.248 e. The molecule has 2 unspecified atom stereocenters. The zero-order valence-electron chi connectivity index (χ0n) is 25.7. The molecule has 9 heteroatoms. The van der Waals surface area contributed by atoms with E-state index in [0.29, 0.717) is 43.9 Å². The van der Waals surface area contributed by atoms with E-state index in [0.717, 1.165) is 5.56 Å². The smallest absolute Gasteiger partial charge is 0.248 e. The SMILES string of the molecule is C=CCN(Cc1ccccc1)C(=O)C1N(CCCO)C(=O)[C@@H]2[C@@H](C(=O)N(CC=C)c3ccc(OCC)cc3)[C@@]3(C)CCC12O3. The van der Waals surface area contributed by atoms with Crippen molar-refractivity contribution in [1.82, 2.24) is 9.80 Å². The van der Waals surface area contributed by atoms with E-state index < -0.39 is 29.1 Å². The monoisotopic (exact) mass is 601 g/mol. The Morgan fingerprint density at radius 2 is 1.77 bits per heavy atom. The van der Waals surface area contributed by atoms with Crippen LogP contribution in [0.3, 0.4) is 0 Å². The van der Waals surface area contributed by atoms with E-state index in [-0.39, 0.29) is 44.0 Å². The maximum atomic E-state index is 14.5. The van der Waals surface area contributed by atoms with Gasteiger partial charge in [-0.25, -0.2) is 0 Å². The fraction of sp³-hybridized carbons (Fsp3) is 0.457. The number of likely N-dealkylation sites (tertiary alicyclic amines) is 1. The molecule has 1 N–H and O–H groups in total. The van der Waals surface area contributed by atoms with Crippen molar-refractivity contribution in [2.75, 3.05) is 37.7 Å². The van der Waals surface area contributed by atoms with E-state index in [9.17, 15) is 19.5 Å². The number of hydrogen-bond acceptors (Lipinski definition) is 6. The number of carbonyl (C=O) groups is 3. The van der Waals surface area contributed by atoms with Crippen LogP contribution in [0.5, 0.6) is 5.75 Å². The lowest BCUT2D eigenvalue weighted by Gasteiger charge is -2.37. The highest BCUT2D eigenvalue weighted by Crippen LogP contribution is 2.63. The number of rotatable bonds is 14. The topological polar surface area (TPSA) is 99.6 Å². The molecule has 0 saturated carbocycles. The van der Waals surface area contributed by atoms with Crippen molar-refractivity contribution in [3.63, 3.8) is 0 Å². The minimum atomic E-state index is -1.16. The van der Waals surface area contributed by atoms with E-state index in [1.54, 1.807) is 26.9 Å². The van der Waals surface area contributed by atoms with Crippen molar-refractivity contribution in [3.05, 3.63) is 85.5 Å².